The minimum atomic E-state index is -3.55. The highest BCUT2D eigenvalue weighted by atomic mass is 32.2. The maximum Gasteiger partial charge on any atom is 0.246 e. The van der Waals surface area contributed by atoms with Crippen molar-refractivity contribution in [1.29, 1.82) is 0 Å². The molecule has 0 bridgehead atoms. The Morgan fingerprint density at radius 1 is 1.13 bits per heavy atom. The highest BCUT2D eigenvalue weighted by Crippen LogP contribution is 2.27. The first-order valence-electron chi connectivity index (χ1n) is 9.71. The van der Waals surface area contributed by atoms with E-state index >= 15 is 0 Å². The third-order valence-corrected chi connectivity index (χ3v) is 6.96. The molecule has 0 atom stereocenters. The summed E-state index contributed by atoms with van der Waals surface area (Å²) in [6.45, 7) is 6.54. The molecule has 0 fully saturated rings. The van der Waals surface area contributed by atoms with Crippen molar-refractivity contribution in [3.63, 3.8) is 0 Å². The lowest BCUT2D eigenvalue weighted by Gasteiger charge is -2.20. The standard InChI is InChI=1S/C21H26N4O4S/c1-5-25(6-2)30(26,27)19-13-16(12-11-15(19)3)22-14-20-23-21(24-29-20)17-9-7-8-10-18(17)28-4/h7-13,22H,5-6,14H2,1-4H3. The van der Waals surface area contributed by atoms with E-state index in [1.54, 1.807) is 26.2 Å². The molecular weight excluding hydrogens is 404 g/mol. The molecule has 1 N–H and O–H groups in total. The SMILES string of the molecule is CCN(CC)S(=O)(=O)c1cc(NCc2nc(-c3ccccc3OC)no2)ccc1C. The number of nitrogens with one attached hydrogen (secondary N) is 1. The van der Waals surface area contributed by atoms with Crippen LogP contribution in [0.5, 0.6) is 5.75 Å². The van der Waals surface area contributed by atoms with Crippen molar-refractivity contribution in [2.24, 2.45) is 0 Å². The van der Waals surface area contributed by atoms with E-state index in [2.05, 4.69) is 15.5 Å². The number of para-hydroxylation sites is 1. The molecule has 0 saturated carbocycles. The summed E-state index contributed by atoms with van der Waals surface area (Å²) in [4.78, 5) is 4.69. The fourth-order valence-corrected chi connectivity index (χ4v) is 4.84. The molecule has 3 rings (SSSR count). The Bertz CT molecular complexity index is 1110. The second-order valence-corrected chi connectivity index (χ2v) is 8.54. The van der Waals surface area contributed by atoms with Gasteiger partial charge in [-0.3, -0.25) is 0 Å². The summed E-state index contributed by atoms with van der Waals surface area (Å²) in [5.74, 6) is 1.46. The van der Waals surface area contributed by atoms with Gasteiger partial charge in [-0.25, -0.2) is 8.42 Å². The molecule has 3 aromatic rings. The van der Waals surface area contributed by atoms with Crippen molar-refractivity contribution in [2.75, 3.05) is 25.5 Å². The molecule has 0 radical (unpaired) electrons. The number of hydrogen-bond donors (Lipinski definition) is 1. The molecule has 0 unspecified atom stereocenters. The summed E-state index contributed by atoms with van der Waals surface area (Å²) in [6, 6.07) is 12.7. The van der Waals surface area contributed by atoms with Crippen LogP contribution in [0.4, 0.5) is 5.69 Å². The van der Waals surface area contributed by atoms with Crippen LogP contribution in [-0.4, -0.2) is 43.1 Å². The van der Waals surface area contributed by atoms with Crippen molar-refractivity contribution in [1.82, 2.24) is 14.4 Å². The molecule has 1 heterocycles. The third-order valence-electron chi connectivity index (χ3n) is 4.77. The average molecular weight is 431 g/mol. The van der Waals surface area contributed by atoms with Crippen LogP contribution in [0.3, 0.4) is 0 Å². The van der Waals surface area contributed by atoms with Crippen LogP contribution in [0.25, 0.3) is 11.4 Å². The van der Waals surface area contributed by atoms with Gasteiger partial charge < -0.3 is 14.6 Å². The maximum absolute atomic E-state index is 12.9. The molecule has 0 saturated heterocycles. The van der Waals surface area contributed by atoms with E-state index in [0.717, 1.165) is 5.56 Å². The number of methoxy groups -OCH3 is 1. The molecule has 1 aromatic heterocycles. The van der Waals surface area contributed by atoms with Gasteiger partial charge in [-0.15, -0.1) is 0 Å². The Kier molecular flexibility index (Phi) is 6.73. The lowest BCUT2D eigenvalue weighted by molar-refractivity contribution is 0.383. The number of rotatable bonds is 9. The normalized spacial score (nSPS) is 11.6. The van der Waals surface area contributed by atoms with E-state index in [1.807, 2.05) is 44.2 Å². The Labute approximate surface area is 176 Å². The predicted octanol–water partition coefficient (Wildman–Crippen LogP) is 3.70. The van der Waals surface area contributed by atoms with Gasteiger partial charge in [-0.1, -0.05) is 37.2 Å². The average Bonchev–Trinajstić information content (AvgIpc) is 3.22. The van der Waals surface area contributed by atoms with Crippen LogP contribution >= 0.6 is 0 Å². The van der Waals surface area contributed by atoms with Crippen molar-refractivity contribution in [3.8, 4) is 17.1 Å². The molecule has 0 amide bonds. The lowest BCUT2D eigenvalue weighted by atomic mass is 10.2. The van der Waals surface area contributed by atoms with Gasteiger partial charge in [-0.2, -0.15) is 9.29 Å². The fraction of sp³-hybridized carbons (Fsp3) is 0.333. The summed E-state index contributed by atoms with van der Waals surface area (Å²) >= 11 is 0. The van der Waals surface area contributed by atoms with Gasteiger partial charge in [0.1, 0.15) is 5.75 Å². The summed E-state index contributed by atoms with van der Waals surface area (Å²) in [5, 5.41) is 7.17. The number of aryl methyl sites for hydroxylation is 1. The molecule has 0 aliphatic carbocycles. The highest BCUT2D eigenvalue weighted by Gasteiger charge is 2.24. The van der Waals surface area contributed by atoms with Crippen LogP contribution in [0.15, 0.2) is 51.9 Å². The summed E-state index contributed by atoms with van der Waals surface area (Å²) in [6.07, 6.45) is 0. The topological polar surface area (TPSA) is 97.6 Å². The summed E-state index contributed by atoms with van der Waals surface area (Å²) in [7, 11) is -1.96. The number of aromatic nitrogens is 2. The summed E-state index contributed by atoms with van der Waals surface area (Å²) < 4.78 is 37.9. The Morgan fingerprint density at radius 3 is 2.57 bits per heavy atom. The second-order valence-electron chi connectivity index (χ2n) is 6.64. The van der Waals surface area contributed by atoms with Crippen LogP contribution < -0.4 is 10.1 Å². The quantitative estimate of drug-likeness (QED) is 0.553. The molecule has 30 heavy (non-hydrogen) atoms. The Balaban J connectivity index is 1.78. The summed E-state index contributed by atoms with van der Waals surface area (Å²) in [5.41, 5.74) is 2.09. The second kappa shape index (κ2) is 9.27. The number of benzene rings is 2. The minimum Gasteiger partial charge on any atom is -0.496 e. The van der Waals surface area contributed by atoms with Gasteiger partial charge in [-0.05, 0) is 36.8 Å². The van der Waals surface area contributed by atoms with E-state index in [4.69, 9.17) is 9.26 Å². The highest BCUT2D eigenvalue weighted by molar-refractivity contribution is 7.89. The fourth-order valence-electron chi connectivity index (χ4n) is 3.13. The Hall–Kier alpha value is -2.91. The molecule has 8 nitrogen and oxygen atoms in total. The number of nitrogens with zero attached hydrogens (tertiary/aromatic N) is 3. The largest absolute Gasteiger partial charge is 0.496 e. The van der Waals surface area contributed by atoms with Crippen LogP contribution in [-0.2, 0) is 16.6 Å². The number of hydrogen-bond acceptors (Lipinski definition) is 7. The minimum absolute atomic E-state index is 0.260. The zero-order valence-corrected chi connectivity index (χ0v) is 18.4. The van der Waals surface area contributed by atoms with Gasteiger partial charge in [0.2, 0.25) is 21.7 Å². The van der Waals surface area contributed by atoms with E-state index in [0.29, 0.717) is 41.8 Å². The molecule has 2 aromatic carbocycles. The van der Waals surface area contributed by atoms with Crippen molar-refractivity contribution >= 4 is 15.7 Å². The van der Waals surface area contributed by atoms with E-state index in [-0.39, 0.29) is 11.4 Å². The van der Waals surface area contributed by atoms with E-state index < -0.39 is 10.0 Å². The smallest absolute Gasteiger partial charge is 0.246 e. The Morgan fingerprint density at radius 2 is 1.87 bits per heavy atom. The first kappa shape index (κ1) is 21.8. The van der Waals surface area contributed by atoms with Crippen LogP contribution in [0.1, 0.15) is 25.3 Å². The third kappa shape index (κ3) is 4.47. The predicted molar refractivity (Wildman–Crippen MR) is 115 cm³/mol. The van der Waals surface area contributed by atoms with Gasteiger partial charge in [0.05, 0.1) is 24.1 Å². The lowest BCUT2D eigenvalue weighted by Crippen LogP contribution is -2.31. The van der Waals surface area contributed by atoms with Gasteiger partial charge in [0, 0.05) is 18.8 Å². The molecule has 0 spiro atoms. The molecular formula is C21H26N4O4S. The molecule has 160 valence electrons. The first-order valence-corrected chi connectivity index (χ1v) is 11.1. The zero-order valence-electron chi connectivity index (χ0n) is 17.5. The molecule has 0 aliphatic rings. The maximum atomic E-state index is 12.9. The van der Waals surface area contributed by atoms with Crippen molar-refractivity contribution < 1.29 is 17.7 Å². The van der Waals surface area contributed by atoms with Crippen LogP contribution in [0, 0.1) is 6.92 Å². The van der Waals surface area contributed by atoms with Crippen LogP contribution in [0.2, 0.25) is 0 Å². The van der Waals surface area contributed by atoms with Gasteiger partial charge in [0.25, 0.3) is 0 Å². The van der Waals surface area contributed by atoms with Crippen molar-refractivity contribution in [3.05, 3.63) is 53.9 Å². The van der Waals surface area contributed by atoms with E-state index in [1.165, 1.54) is 4.31 Å². The molecule has 9 heteroatoms. The molecule has 0 aliphatic heterocycles. The van der Waals surface area contributed by atoms with E-state index in [9.17, 15) is 8.42 Å². The van der Waals surface area contributed by atoms with Gasteiger partial charge in [0.15, 0.2) is 0 Å². The number of sulfonamides is 1. The zero-order chi connectivity index (χ0) is 21.7. The van der Waals surface area contributed by atoms with Crippen molar-refractivity contribution in [2.45, 2.75) is 32.2 Å². The number of ether oxygens (including phenoxy) is 1. The number of anilines is 1. The first-order chi connectivity index (χ1) is 14.4. The van der Waals surface area contributed by atoms with Gasteiger partial charge >= 0.3 is 0 Å². The monoisotopic (exact) mass is 430 g/mol.